The molecule has 1 spiro atoms. The minimum atomic E-state index is -0.174. The van der Waals surface area contributed by atoms with Crippen LogP contribution in [0.15, 0.2) is 35.9 Å². The van der Waals surface area contributed by atoms with Gasteiger partial charge >= 0.3 is 0 Å². The van der Waals surface area contributed by atoms with E-state index in [2.05, 4.69) is 29.2 Å². The van der Waals surface area contributed by atoms with E-state index < -0.39 is 0 Å². The molecule has 0 radical (unpaired) electrons. The number of anilines is 1. The molecule has 7 unspecified atom stereocenters. The van der Waals surface area contributed by atoms with Gasteiger partial charge < -0.3 is 25.0 Å². The van der Waals surface area contributed by atoms with Crippen molar-refractivity contribution in [1.82, 2.24) is 0 Å². The molecule has 27 heavy (non-hydrogen) atoms. The van der Waals surface area contributed by atoms with Crippen molar-refractivity contribution >= 4 is 11.6 Å². The molecular formula is C21H24N2O4. The normalized spacial score (nSPS) is 47.7. The Labute approximate surface area is 157 Å². The molecule has 7 atom stereocenters. The fourth-order valence-electron chi connectivity index (χ4n) is 7.77. The molecule has 1 aromatic carbocycles. The number of nitrogens with zero attached hydrogens (tertiary/aromatic N) is 2. The van der Waals surface area contributed by atoms with Crippen LogP contribution >= 0.6 is 0 Å². The van der Waals surface area contributed by atoms with Crippen LogP contribution in [-0.4, -0.2) is 53.9 Å². The number of piperidine rings is 2. The van der Waals surface area contributed by atoms with E-state index in [1.807, 2.05) is 6.07 Å². The lowest BCUT2D eigenvalue weighted by Crippen LogP contribution is -2.71. The molecule has 5 heterocycles. The summed E-state index contributed by atoms with van der Waals surface area (Å²) in [6.07, 6.45) is 4.51. The van der Waals surface area contributed by atoms with E-state index >= 15 is 0 Å². The standard InChI is InChI=1S/C21H22N2O3.H2O/c24-18-10-16-19-13-9-17-21(6-7-23(17,25)11-12(13)5-8-26-16)14-3-1-2-4-15(14)22(18)20(19)21;/h1-5,13,16-17,19-20H,6-11H2;1H2. The summed E-state index contributed by atoms with van der Waals surface area (Å²) in [5, 5.41) is 13.9. The van der Waals surface area contributed by atoms with E-state index in [9.17, 15) is 10.0 Å². The third-order valence-corrected chi connectivity index (χ3v) is 8.50. The fraction of sp³-hybridized carbons (Fsp3) is 0.571. The molecule has 6 heteroatoms. The number of rotatable bonds is 0. The van der Waals surface area contributed by atoms with Gasteiger partial charge in [-0.25, -0.2) is 0 Å². The molecule has 1 amide bonds. The molecule has 7 rings (SSSR count). The Morgan fingerprint density at radius 1 is 1.30 bits per heavy atom. The average molecular weight is 368 g/mol. The number of quaternary nitrogens is 1. The van der Waals surface area contributed by atoms with Gasteiger partial charge in [-0.05, 0) is 23.1 Å². The highest BCUT2D eigenvalue weighted by Gasteiger charge is 2.74. The number of hydroxylamine groups is 3. The Bertz CT molecular complexity index is 900. The molecule has 1 aromatic rings. The van der Waals surface area contributed by atoms with Crippen LogP contribution in [0.25, 0.3) is 0 Å². The van der Waals surface area contributed by atoms with Crippen molar-refractivity contribution in [1.29, 1.82) is 0 Å². The lowest BCUT2D eigenvalue weighted by atomic mass is 9.53. The van der Waals surface area contributed by atoms with Gasteiger partial charge in [-0.2, -0.15) is 0 Å². The quantitative estimate of drug-likeness (QED) is 0.393. The summed E-state index contributed by atoms with van der Waals surface area (Å²) in [5.41, 5.74) is 3.46. The second-order valence-corrected chi connectivity index (χ2v) is 9.14. The molecule has 2 bridgehead atoms. The van der Waals surface area contributed by atoms with Gasteiger partial charge in [0.2, 0.25) is 5.91 Å². The molecular weight excluding hydrogens is 344 g/mol. The average Bonchev–Trinajstić information content (AvgIpc) is 3.05. The Morgan fingerprint density at radius 3 is 3.04 bits per heavy atom. The predicted octanol–water partition coefficient (Wildman–Crippen LogP) is 1.28. The molecule has 2 N–H and O–H groups in total. The number of benzene rings is 1. The van der Waals surface area contributed by atoms with Crippen LogP contribution in [0.3, 0.4) is 0 Å². The van der Waals surface area contributed by atoms with Crippen LogP contribution in [0.4, 0.5) is 5.69 Å². The Morgan fingerprint density at radius 2 is 2.15 bits per heavy atom. The number of amides is 1. The first-order valence-electron chi connectivity index (χ1n) is 9.93. The minimum absolute atomic E-state index is 0. The first-order valence-corrected chi connectivity index (χ1v) is 9.93. The van der Waals surface area contributed by atoms with Crippen molar-refractivity contribution < 1.29 is 19.7 Å². The van der Waals surface area contributed by atoms with Gasteiger partial charge in [-0.15, -0.1) is 0 Å². The maximum atomic E-state index is 13.9. The molecule has 6 aliphatic rings. The maximum absolute atomic E-state index is 13.9. The third-order valence-electron chi connectivity index (χ3n) is 8.50. The van der Waals surface area contributed by atoms with Crippen molar-refractivity contribution in [3.8, 4) is 0 Å². The Balaban J connectivity index is 0.00000146. The van der Waals surface area contributed by atoms with Gasteiger partial charge in [-0.1, -0.05) is 24.3 Å². The van der Waals surface area contributed by atoms with Crippen LogP contribution in [0.1, 0.15) is 24.8 Å². The van der Waals surface area contributed by atoms with Crippen molar-refractivity contribution in [2.75, 3.05) is 24.6 Å². The van der Waals surface area contributed by atoms with Crippen molar-refractivity contribution in [3.05, 3.63) is 46.7 Å². The van der Waals surface area contributed by atoms with E-state index in [1.54, 1.807) is 0 Å². The summed E-state index contributed by atoms with van der Waals surface area (Å²) in [5.74, 6) is 0.922. The SMILES string of the molecule is O.O=C1CC2OCC=C3C[N+]4([O-])CCC56c7ccccc7N1C5C2C3CC64. The van der Waals surface area contributed by atoms with E-state index in [1.165, 1.54) is 11.1 Å². The van der Waals surface area contributed by atoms with Gasteiger partial charge in [0, 0.05) is 24.4 Å². The Hall–Kier alpha value is -1.73. The monoisotopic (exact) mass is 368 g/mol. The molecule has 3 saturated heterocycles. The summed E-state index contributed by atoms with van der Waals surface area (Å²) >= 11 is 0. The van der Waals surface area contributed by atoms with E-state index in [0.717, 1.165) is 18.5 Å². The Kier molecular flexibility index (Phi) is 2.89. The number of carbonyl (C=O) groups excluding carboxylic acids is 1. The zero-order chi connectivity index (χ0) is 17.3. The number of para-hydroxylation sites is 1. The lowest BCUT2D eigenvalue weighted by Gasteiger charge is -2.61. The predicted molar refractivity (Wildman–Crippen MR) is 98.8 cm³/mol. The molecule has 1 saturated carbocycles. The number of hydrogen-bond acceptors (Lipinski definition) is 3. The van der Waals surface area contributed by atoms with Crippen LogP contribution < -0.4 is 4.90 Å². The fourth-order valence-corrected chi connectivity index (χ4v) is 7.77. The number of hydrogen-bond donors (Lipinski definition) is 0. The lowest BCUT2D eigenvalue weighted by molar-refractivity contribution is -0.896. The van der Waals surface area contributed by atoms with Crippen LogP contribution in [0, 0.1) is 17.0 Å². The van der Waals surface area contributed by atoms with Gasteiger partial charge in [0.15, 0.2) is 0 Å². The van der Waals surface area contributed by atoms with Gasteiger partial charge in [-0.3, -0.25) is 4.79 Å². The maximum Gasteiger partial charge on any atom is 0.229 e. The van der Waals surface area contributed by atoms with E-state index in [0.29, 0.717) is 38.0 Å². The van der Waals surface area contributed by atoms with Crippen molar-refractivity contribution in [2.24, 2.45) is 11.8 Å². The molecule has 6 nitrogen and oxygen atoms in total. The third kappa shape index (κ3) is 1.58. The van der Waals surface area contributed by atoms with Gasteiger partial charge in [0.05, 0.1) is 37.1 Å². The minimum Gasteiger partial charge on any atom is -0.632 e. The van der Waals surface area contributed by atoms with Crippen LogP contribution in [-0.2, 0) is 14.9 Å². The first kappa shape index (κ1) is 16.2. The van der Waals surface area contributed by atoms with Crippen LogP contribution in [0.5, 0.6) is 0 Å². The summed E-state index contributed by atoms with van der Waals surface area (Å²) in [6.45, 7) is 1.87. The second kappa shape index (κ2) is 4.81. The zero-order valence-corrected chi connectivity index (χ0v) is 15.1. The summed E-state index contributed by atoms with van der Waals surface area (Å²) in [4.78, 5) is 15.3. The summed E-state index contributed by atoms with van der Waals surface area (Å²) in [6, 6.07) is 8.58. The first-order chi connectivity index (χ1) is 12.6. The van der Waals surface area contributed by atoms with E-state index in [-0.39, 0.29) is 39.6 Å². The summed E-state index contributed by atoms with van der Waals surface area (Å²) < 4.78 is 6.10. The zero-order valence-electron chi connectivity index (χ0n) is 15.1. The molecule has 0 aromatic heterocycles. The van der Waals surface area contributed by atoms with Gasteiger partial charge in [0.1, 0.15) is 12.6 Å². The highest BCUT2D eigenvalue weighted by Crippen LogP contribution is 2.67. The van der Waals surface area contributed by atoms with Crippen molar-refractivity contribution in [2.45, 2.75) is 42.9 Å². The second-order valence-electron chi connectivity index (χ2n) is 9.14. The van der Waals surface area contributed by atoms with E-state index in [4.69, 9.17) is 4.74 Å². The molecule has 5 aliphatic heterocycles. The highest BCUT2D eigenvalue weighted by molar-refractivity contribution is 5.99. The molecule has 4 fully saturated rings. The number of ether oxygens (including phenoxy) is 1. The molecule has 1 aliphatic carbocycles. The topological polar surface area (TPSA) is 84.1 Å². The largest absolute Gasteiger partial charge is 0.632 e. The van der Waals surface area contributed by atoms with Crippen molar-refractivity contribution in [3.63, 3.8) is 0 Å². The highest BCUT2D eigenvalue weighted by atomic mass is 16.6. The number of carbonyl (C=O) groups is 1. The number of fused-ring (bicyclic) bond motifs is 2. The summed E-state index contributed by atoms with van der Waals surface area (Å²) in [7, 11) is 0. The van der Waals surface area contributed by atoms with Gasteiger partial charge in [0.25, 0.3) is 0 Å². The molecule has 142 valence electrons. The smallest absolute Gasteiger partial charge is 0.229 e. The van der Waals surface area contributed by atoms with Crippen LogP contribution in [0.2, 0.25) is 0 Å².